The summed E-state index contributed by atoms with van der Waals surface area (Å²) in [6, 6.07) is 3.62. The first-order valence-electron chi connectivity index (χ1n) is 6.58. The Bertz CT molecular complexity index is 774. The molecule has 21 heavy (non-hydrogen) atoms. The second kappa shape index (κ2) is 5.37. The van der Waals surface area contributed by atoms with Crippen LogP contribution in [0.15, 0.2) is 30.9 Å². The predicted molar refractivity (Wildman–Crippen MR) is 77.7 cm³/mol. The van der Waals surface area contributed by atoms with Crippen molar-refractivity contribution in [1.29, 1.82) is 0 Å². The lowest BCUT2D eigenvalue weighted by Crippen LogP contribution is -2.30. The van der Waals surface area contributed by atoms with Gasteiger partial charge in [0, 0.05) is 29.9 Å². The number of aliphatic hydroxyl groups excluding tert-OH is 1. The fraction of sp³-hybridized carbons (Fsp3) is 0.214. The summed E-state index contributed by atoms with van der Waals surface area (Å²) >= 11 is 0. The van der Waals surface area contributed by atoms with E-state index in [0.29, 0.717) is 5.69 Å². The molecule has 0 aliphatic heterocycles. The highest BCUT2D eigenvalue weighted by atomic mass is 16.3. The van der Waals surface area contributed by atoms with Crippen LogP contribution in [0.4, 0.5) is 0 Å². The number of carbonyl (C=O) groups excluding carboxylic acids is 1. The maximum absolute atomic E-state index is 11.9. The van der Waals surface area contributed by atoms with Crippen LogP contribution in [0.3, 0.4) is 0 Å². The summed E-state index contributed by atoms with van der Waals surface area (Å²) in [5.41, 5.74) is 2.74. The van der Waals surface area contributed by atoms with Gasteiger partial charge < -0.3 is 20.4 Å². The lowest BCUT2D eigenvalue weighted by Gasteiger charge is -2.05. The number of aromatic nitrogens is 4. The number of carbonyl (C=O) groups is 1. The van der Waals surface area contributed by atoms with E-state index in [2.05, 4.69) is 25.3 Å². The van der Waals surface area contributed by atoms with E-state index in [1.54, 1.807) is 25.4 Å². The van der Waals surface area contributed by atoms with E-state index in [4.69, 9.17) is 0 Å². The van der Waals surface area contributed by atoms with Gasteiger partial charge in [-0.25, -0.2) is 9.97 Å². The maximum atomic E-state index is 11.9. The molecule has 4 N–H and O–H groups in total. The lowest BCUT2D eigenvalue weighted by molar-refractivity contribution is 0.0919. The Morgan fingerprint density at radius 2 is 2.29 bits per heavy atom. The second-order valence-corrected chi connectivity index (χ2v) is 4.82. The Kier molecular flexibility index (Phi) is 3.41. The van der Waals surface area contributed by atoms with Gasteiger partial charge in [-0.15, -0.1) is 0 Å². The summed E-state index contributed by atoms with van der Waals surface area (Å²) in [6.45, 7) is 1.83. The number of amides is 1. The Hall–Kier alpha value is -2.67. The predicted octanol–water partition coefficient (Wildman–Crippen LogP) is 1.06. The number of rotatable bonds is 4. The number of aromatic amines is 2. The van der Waals surface area contributed by atoms with Gasteiger partial charge in [-0.2, -0.15) is 0 Å². The normalized spacial score (nSPS) is 12.5. The van der Waals surface area contributed by atoms with Crippen LogP contribution in [0, 0.1) is 0 Å². The first kappa shape index (κ1) is 13.3. The van der Waals surface area contributed by atoms with Gasteiger partial charge in [0.2, 0.25) is 0 Å². The molecule has 108 valence electrons. The number of hydrogen-bond acceptors (Lipinski definition) is 4. The zero-order valence-corrected chi connectivity index (χ0v) is 11.4. The third-order valence-corrected chi connectivity index (χ3v) is 3.11. The Balaban J connectivity index is 1.88. The van der Waals surface area contributed by atoms with Crippen LogP contribution < -0.4 is 5.32 Å². The molecule has 0 fully saturated rings. The highest BCUT2D eigenvalue weighted by Crippen LogP contribution is 2.25. The van der Waals surface area contributed by atoms with Crippen molar-refractivity contribution < 1.29 is 9.90 Å². The molecule has 0 unspecified atom stereocenters. The molecule has 0 saturated carbocycles. The molecule has 1 atom stereocenters. The third kappa shape index (κ3) is 2.63. The van der Waals surface area contributed by atoms with Crippen molar-refractivity contribution in [3.05, 3.63) is 36.5 Å². The molecular formula is C14H15N5O2. The van der Waals surface area contributed by atoms with Crippen molar-refractivity contribution in [3.63, 3.8) is 0 Å². The first-order chi connectivity index (χ1) is 10.1. The molecule has 7 nitrogen and oxygen atoms in total. The minimum Gasteiger partial charge on any atom is -0.392 e. The first-order valence-corrected chi connectivity index (χ1v) is 6.58. The topological polar surface area (TPSA) is 107 Å². The summed E-state index contributed by atoms with van der Waals surface area (Å²) in [5.74, 6) is -0.262. The van der Waals surface area contributed by atoms with Crippen molar-refractivity contribution in [2.75, 3.05) is 6.54 Å². The summed E-state index contributed by atoms with van der Waals surface area (Å²) < 4.78 is 0. The van der Waals surface area contributed by atoms with Gasteiger partial charge >= 0.3 is 0 Å². The summed E-state index contributed by atoms with van der Waals surface area (Å²) in [7, 11) is 0. The summed E-state index contributed by atoms with van der Waals surface area (Å²) in [5, 5.41) is 12.7. The molecule has 0 aliphatic rings. The van der Waals surface area contributed by atoms with Crippen LogP contribution in [-0.4, -0.2) is 43.6 Å². The van der Waals surface area contributed by atoms with Gasteiger partial charge in [-0.1, -0.05) is 0 Å². The third-order valence-electron chi connectivity index (χ3n) is 3.11. The van der Waals surface area contributed by atoms with Crippen molar-refractivity contribution in [3.8, 4) is 11.3 Å². The van der Waals surface area contributed by atoms with Gasteiger partial charge in [0.25, 0.3) is 5.91 Å². The quantitative estimate of drug-likeness (QED) is 0.575. The molecule has 7 heteroatoms. The van der Waals surface area contributed by atoms with E-state index in [-0.39, 0.29) is 12.5 Å². The summed E-state index contributed by atoms with van der Waals surface area (Å²) in [6.07, 6.45) is 4.43. The maximum Gasteiger partial charge on any atom is 0.267 e. The molecule has 3 rings (SSSR count). The minimum absolute atomic E-state index is 0.211. The van der Waals surface area contributed by atoms with E-state index < -0.39 is 6.10 Å². The second-order valence-electron chi connectivity index (χ2n) is 4.82. The van der Waals surface area contributed by atoms with E-state index in [9.17, 15) is 9.90 Å². The SMILES string of the molecule is C[C@H](O)CNC(=O)c1cc(-c2ncnc3[nH]ccc23)c[nH]1. The highest BCUT2D eigenvalue weighted by Gasteiger charge is 2.13. The standard InChI is InChI=1S/C14H15N5O2/c1-8(20)5-17-14(21)11-4-9(6-16-11)12-10-2-3-15-13(10)19-7-18-12/h2-4,6-8,16,20H,5H2,1H3,(H,17,21)(H,15,18,19)/t8-/m0/s1. The zero-order chi connectivity index (χ0) is 14.8. The lowest BCUT2D eigenvalue weighted by atomic mass is 10.1. The number of hydrogen-bond donors (Lipinski definition) is 4. The number of H-pyrrole nitrogens is 2. The van der Waals surface area contributed by atoms with E-state index >= 15 is 0 Å². The van der Waals surface area contributed by atoms with Crippen molar-refractivity contribution in [2.45, 2.75) is 13.0 Å². The van der Waals surface area contributed by atoms with Crippen LogP contribution >= 0.6 is 0 Å². The van der Waals surface area contributed by atoms with Crippen LogP contribution in [0.25, 0.3) is 22.3 Å². The Labute approximate surface area is 120 Å². The molecule has 3 aromatic rings. The average Bonchev–Trinajstić information content (AvgIpc) is 3.12. The number of nitrogens with one attached hydrogen (secondary N) is 3. The molecule has 0 bridgehead atoms. The van der Waals surface area contributed by atoms with Gasteiger partial charge in [-0.05, 0) is 19.1 Å². The van der Waals surface area contributed by atoms with Gasteiger partial charge in [0.1, 0.15) is 17.7 Å². The van der Waals surface area contributed by atoms with Gasteiger partial charge in [-0.3, -0.25) is 4.79 Å². The zero-order valence-electron chi connectivity index (χ0n) is 11.4. The Morgan fingerprint density at radius 3 is 3.10 bits per heavy atom. The molecular weight excluding hydrogens is 270 g/mol. The largest absolute Gasteiger partial charge is 0.392 e. The van der Waals surface area contributed by atoms with Gasteiger partial charge in [0.05, 0.1) is 11.8 Å². The molecule has 0 aliphatic carbocycles. The monoisotopic (exact) mass is 285 g/mol. The minimum atomic E-state index is -0.579. The Morgan fingerprint density at radius 1 is 1.43 bits per heavy atom. The van der Waals surface area contributed by atoms with Crippen molar-refractivity contribution in [2.24, 2.45) is 0 Å². The van der Waals surface area contributed by atoms with Gasteiger partial charge in [0.15, 0.2) is 0 Å². The summed E-state index contributed by atoms with van der Waals surface area (Å²) in [4.78, 5) is 26.3. The van der Waals surface area contributed by atoms with Crippen LogP contribution in [0.5, 0.6) is 0 Å². The number of nitrogens with zero attached hydrogens (tertiary/aromatic N) is 2. The fourth-order valence-corrected chi connectivity index (χ4v) is 2.10. The number of aliphatic hydroxyl groups is 1. The number of fused-ring (bicyclic) bond motifs is 1. The molecule has 1 amide bonds. The highest BCUT2D eigenvalue weighted by molar-refractivity contribution is 5.96. The van der Waals surface area contributed by atoms with Crippen LogP contribution in [0.2, 0.25) is 0 Å². The molecule has 0 spiro atoms. The molecule has 0 saturated heterocycles. The molecule has 3 aromatic heterocycles. The van der Waals surface area contributed by atoms with Crippen molar-refractivity contribution in [1.82, 2.24) is 25.3 Å². The molecule has 3 heterocycles. The molecule has 0 radical (unpaired) electrons. The van der Waals surface area contributed by atoms with Crippen molar-refractivity contribution >= 4 is 16.9 Å². The van der Waals surface area contributed by atoms with E-state index in [0.717, 1.165) is 22.3 Å². The molecule has 0 aromatic carbocycles. The van der Waals surface area contributed by atoms with E-state index in [1.807, 2.05) is 6.07 Å². The van der Waals surface area contributed by atoms with Crippen LogP contribution in [-0.2, 0) is 0 Å². The fourth-order valence-electron chi connectivity index (χ4n) is 2.10. The average molecular weight is 285 g/mol. The smallest absolute Gasteiger partial charge is 0.267 e. The van der Waals surface area contributed by atoms with E-state index in [1.165, 1.54) is 6.33 Å². The van der Waals surface area contributed by atoms with Crippen LogP contribution in [0.1, 0.15) is 17.4 Å².